The fourth-order valence-corrected chi connectivity index (χ4v) is 2.11. The fourth-order valence-electron chi connectivity index (χ4n) is 2.11. The van der Waals surface area contributed by atoms with E-state index in [0.717, 1.165) is 0 Å². The van der Waals surface area contributed by atoms with Gasteiger partial charge in [0.05, 0.1) is 17.3 Å². The molecule has 0 radical (unpaired) electrons. The van der Waals surface area contributed by atoms with Crippen LogP contribution in [0.15, 0.2) is 42.5 Å². The molecule has 0 fully saturated rings. The highest BCUT2D eigenvalue weighted by Gasteiger charge is 2.10. The van der Waals surface area contributed by atoms with Gasteiger partial charge in [0, 0.05) is 23.4 Å². The van der Waals surface area contributed by atoms with Crippen molar-refractivity contribution in [3.8, 4) is 0 Å². The molecule has 7 nitrogen and oxygen atoms in total. The number of hydrogen-bond acceptors (Lipinski definition) is 5. The Morgan fingerprint density at radius 3 is 2.35 bits per heavy atom. The number of nitro benzene ring substituents is 1. The van der Waals surface area contributed by atoms with Gasteiger partial charge < -0.3 is 15.2 Å². The highest BCUT2D eigenvalue weighted by molar-refractivity contribution is 5.96. The zero-order valence-electron chi connectivity index (χ0n) is 12.2. The summed E-state index contributed by atoms with van der Waals surface area (Å²) < 4.78 is 0. The molecule has 0 spiro atoms. The predicted octanol–water partition coefficient (Wildman–Crippen LogP) is 1.45. The van der Waals surface area contributed by atoms with E-state index in [-0.39, 0.29) is 23.6 Å². The van der Waals surface area contributed by atoms with Crippen molar-refractivity contribution >= 4 is 23.3 Å². The first kappa shape index (κ1) is 16.2. The maximum atomic E-state index is 12.0. The van der Waals surface area contributed by atoms with Gasteiger partial charge in [-0.2, -0.15) is 0 Å². The van der Waals surface area contributed by atoms with Crippen LogP contribution in [-0.4, -0.2) is 16.8 Å². The van der Waals surface area contributed by atoms with Gasteiger partial charge in [0.25, 0.3) is 5.69 Å². The molecule has 0 heterocycles. The first-order valence-electron chi connectivity index (χ1n) is 6.72. The van der Waals surface area contributed by atoms with Gasteiger partial charge in [-0.15, -0.1) is 0 Å². The van der Waals surface area contributed by atoms with E-state index < -0.39 is 10.9 Å². The third kappa shape index (κ3) is 3.91. The van der Waals surface area contributed by atoms with Crippen molar-refractivity contribution in [3.05, 3.63) is 69.3 Å². The van der Waals surface area contributed by atoms with E-state index in [1.54, 1.807) is 13.0 Å². The zero-order valence-corrected chi connectivity index (χ0v) is 12.2. The number of nitro groups is 1. The van der Waals surface area contributed by atoms with Gasteiger partial charge in [-0.3, -0.25) is 14.9 Å². The Balaban J connectivity index is 2.09. The number of nitrogens with one attached hydrogen (secondary N) is 1. The van der Waals surface area contributed by atoms with Gasteiger partial charge in [0.15, 0.2) is 0 Å². The first-order valence-corrected chi connectivity index (χ1v) is 6.72. The Bertz CT molecular complexity index is 769. The highest BCUT2D eigenvalue weighted by Crippen LogP contribution is 2.19. The number of non-ortho nitro benzene ring substituents is 1. The molecule has 0 aliphatic rings. The summed E-state index contributed by atoms with van der Waals surface area (Å²) in [5.74, 6) is -1.66. The smallest absolute Gasteiger partial charge is 0.269 e. The third-order valence-corrected chi connectivity index (χ3v) is 3.34. The molecule has 1 N–H and O–H groups in total. The van der Waals surface area contributed by atoms with Gasteiger partial charge >= 0.3 is 0 Å². The van der Waals surface area contributed by atoms with Crippen molar-refractivity contribution < 1.29 is 19.6 Å². The van der Waals surface area contributed by atoms with Crippen LogP contribution in [0.4, 0.5) is 11.4 Å². The minimum Gasteiger partial charge on any atom is -0.545 e. The van der Waals surface area contributed by atoms with Crippen LogP contribution in [-0.2, 0) is 11.2 Å². The summed E-state index contributed by atoms with van der Waals surface area (Å²) in [5.41, 5.74) is 1.37. The van der Waals surface area contributed by atoms with Crippen molar-refractivity contribution in [1.82, 2.24) is 0 Å². The predicted molar refractivity (Wildman–Crippen MR) is 80.9 cm³/mol. The lowest BCUT2D eigenvalue weighted by Crippen LogP contribution is -2.24. The second-order valence-corrected chi connectivity index (χ2v) is 4.91. The van der Waals surface area contributed by atoms with Crippen LogP contribution >= 0.6 is 0 Å². The number of carboxylic acid groups (broad SMARTS) is 1. The van der Waals surface area contributed by atoms with Gasteiger partial charge in [-0.05, 0) is 24.1 Å². The van der Waals surface area contributed by atoms with Crippen molar-refractivity contribution in [2.24, 2.45) is 0 Å². The van der Waals surface area contributed by atoms with Crippen LogP contribution < -0.4 is 10.4 Å². The van der Waals surface area contributed by atoms with Gasteiger partial charge in [-0.1, -0.05) is 24.3 Å². The molecule has 0 atom stereocenters. The Morgan fingerprint density at radius 1 is 1.13 bits per heavy atom. The lowest BCUT2D eigenvalue weighted by molar-refractivity contribution is -0.384. The summed E-state index contributed by atoms with van der Waals surface area (Å²) in [4.78, 5) is 33.0. The quantitative estimate of drug-likeness (QED) is 0.663. The summed E-state index contributed by atoms with van der Waals surface area (Å²) >= 11 is 0. The number of anilines is 1. The van der Waals surface area contributed by atoms with E-state index >= 15 is 0 Å². The van der Waals surface area contributed by atoms with Crippen molar-refractivity contribution in [2.45, 2.75) is 13.3 Å². The molecule has 0 saturated heterocycles. The number of benzene rings is 2. The third-order valence-electron chi connectivity index (χ3n) is 3.34. The fraction of sp³-hybridized carbons (Fsp3) is 0.125. The van der Waals surface area contributed by atoms with Gasteiger partial charge in [0.1, 0.15) is 0 Å². The first-order chi connectivity index (χ1) is 10.9. The Morgan fingerprint density at radius 2 is 1.78 bits per heavy atom. The maximum Gasteiger partial charge on any atom is 0.269 e. The molecule has 7 heteroatoms. The number of hydrogen-bond donors (Lipinski definition) is 1. The normalized spacial score (nSPS) is 10.1. The molecule has 118 valence electrons. The summed E-state index contributed by atoms with van der Waals surface area (Å²) in [6.07, 6.45) is 0.0208. The SMILES string of the molecule is Cc1c(NC(=O)Cc2ccc([N+](=O)[O-])cc2)cccc1C(=O)[O-]. The van der Waals surface area contributed by atoms with Gasteiger partial charge in [0.2, 0.25) is 5.91 Å². The van der Waals surface area contributed by atoms with Crippen LogP contribution in [0.25, 0.3) is 0 Å². The lowest BCUT2D eigenvalue weighted by Gasteiger charge is -2.13. The average molecular weight is 313 g/mol. The maximum absolute atomic E-state index is 12.0. The zero-order chi connectivity index (χ0) is 17.0. The largest absolute Gasteiger partial charge is 0.545 e. The summed E-state index contributed by atoms with van der Waals surface area (Å²) in [6.45, 7) is 1.58. The molecule has 2 rings (SSSR count). The number of carboxylic acids is 1. The van der Waals surface area contributed by atoms with E-state index in [0.29, 0.717) is 16.8 Å². The van der Waals surface area contributed by atoms with Crippen LogP contribution in [0.1, 0.15) is 21.5 Å². The molecule has 0 aromatic heterocycles. The summed E-state index contributed by atoms with van der Waals surface area (Å²) in [6, 6.07) is 10.2. The highest BCUT2D eigenvalue weighted by atomic mass is 16.6. The average Bonchev–Trinajstić information content (AvgIpc) is 2.49. The minimum atomic E-state index is -1.31. The molecular formula is C16H13N2O5-. The molecule has 0 aliphatic heterocycles. The lowest BCUT2D eigenvalue weighted by atomic mass is 10.1. The number of aromatic carboxylic acids is 1. The Labute approximate surface area is 131 Å². The Kier molecular flexibility index (Phi) is 4.70. The molecule has 0 bridgehead atoms. The standard InChI is InChI=1S/C16H14N2O5/c1-10-13(16(20)21)3-2-4-14(10)17-15(19)9-11-5-7-12(8-6-11)18(22)23/h2-8H,9H2,1H3,(H,17,19)(H,20,21)/p-1. The number of carbonyl (C=O) groups is 2. The number of carbonyl (C=O) groups excluding carboxylic acids is 2. The van der Waals surface area contributed by atoms with Crippen LogP contribution in [0.3, 0.4) is 0 Å². The van der Waals surface area contributed by atoms with Crippen LogP contribution in [0, 0.1) is 17.0 Å². The monoisotopic (exact) mass is 313 g/mol. The molecular weight excluding hydrogens is 300 g/mol. The summed E-state index contributed by atoms with van der Waals surface area (Å²) in [5, 5.41) is 24.2. The second kappa shape index (κ2) is 6.69. The van der Waals surface area contributed by atoms with Crippen LogP contribution in [0.5, 0.6) is 0 Å². The van der Waals surface area contributed by atoms with E-state index in [1.165, 1.54) is 36.4 Å². The minimum absolute atomic E-state index is 0.0122. The van der Waals surface area contributed by atoms with Gasteiger partial charge in [-0.25, -0.2) is 0 Å². The van der Waals surface area contributed by atoms with E-state index in [1.807, 2.05) is 0 Å². The summed E-state index contributed by atoms with van der Waals surface area (Å²) in [7, 11) is 0. The Hall–Kier alpha value is -3.22. The number of nitrogens with zero attached hydrogens (tertiary/aromatic N) is 1. The molecule has 0 unspecified atom stereocenters. The van der Waals surface area contributed by atoms with E-state index in [9.17, 15) is 24.8 Å². The van der Waals surface area contributed by atoms with Crippen molar-refractivity contribution in [2.75, 3.05) is 5.32 Å². The number of amides is 1. The van der Waals surface area contributed by atoms with E-state index in [4.69, 9.17) is 0 Å². The van der Waals surface area contributed by atoms with Crippen molar-refractivity contribution in [1.29, 1.82) is 0 Å². The molecule has 0 saturated carbocycles. The number of rotatable bonds is 5. The van der Waals surface area contributed by atoms with E-state index in [2.05, 4.69) is 5.32 Å². The molecule has 1 amide bonds. The molecule has 23 heavy (non-hydrogen) atoms. The molecule has 2 aromatic carbocycles. The van der Waals surface area contributed by atoms with Crippen LogP contribution in [0.2, 0.25) is 0 Å². The topological polar surface area (TPSA) is 112 Å². The van der Waals surface area contributed by atoms with Crippen molar-refractivity contribution in [3.63, 3.8) is 0 Å². The molecule has 2 aromatic rings. The molecule has 0 aliphatic carbocycles. The second-order valence-electron chi connectivity index (χ2n) is 4.91.